The highest BCUT2D eigenvalue weighted by Gasteiger charge is 2.05. The number of likely N-dealkylation sites (N-methyl/N-ethyl adjacent to an activating group) is 1. The Labute approximate surface area is 129 Å². The maximum Gasteiger partial charge on any atom is 0.225 e. The highest BCUT2D eigenvalue weighted by Crippen LogP contribution is 2.11. The number of nitrogen functional groups attached to an aromatic ring is 1. The van der Waals surface area contributed by atoms with Crippen LogP contribution in [0.4, 0.5) is 11.4 Å². The van der Waals surface area contributed by atoms with Gasteiger partial charge >= 0.3 is 0 Å². The van der Waals surface area contributed by atoms with Gasteiger partial charge in [-0.05, 0) is 49.2 Å². The first-order valence-electron chi connectivity index (χ1n) is 7.00. The number of carbonyl (C=O) groups excluding carboxylic acids is 1. The zero-order valence-corrected chi connectivity index (χ0v) is 13.0. The van der Waals surface area contributed by atoms with Crippen LogP contribution in [-0.4, -0.2) is 30.9 Å². The Hall–Kier alpha value is -1.85. The number of anilines is 2. The van der Waals surface area contributed by atoms with Gasteiger partial charge in [0.2, 0.25) is 5.91 Å². The summed E-state index contributed by atoms with van der Waals surface area (Å²) in [5, 5.41) is 4.97. The van der Waals surface area contributed by atoms with Gasteiger partial charge in [-0.3, -0.25) is 4.79 Å². The van der Waals surface area contributed by atoms with Crippen LogP contribution in [0.25, 0.3) is 0 Å². The first-order valence-corrected chi connectivity index (χ1v) is 7.88. The molecule has 5 heteroatoms. The number of rotatable bonds is 7. The van der Waals surface area contributed by atoms with Crippen LogP contribution in [-0.2, 0) is 11.2 Å². The van der Waals surface area contributed by atoms with Gasteiger partial charge < -0.3 is 16.0 Å². The maximum atomic E-state index is 11.9. The molecule has 0 saturated carbocycles. The molecule has 0 aliphatic rings. The lowest BCUT2D eigenvalue weighted by molar-refractivity contribution is -0.116. The van der Waals surface area contributed by atoms with Crippen molar-refractivity contribution in [3.8, 4) is 0 Å². The molecule has 0 spiro atoms. The molecule has 3 N–H and O–H groups in total. The molecule has 0 saturated heterocycles. The van der Waals surface area contributed by atoms with Crippen molar-refractivity contribution in [3.05, 3.63) is 46.7 Å². The van der Waals surface area contributed by atoms with Crippen LogP contribution in [0.2, 0.25) is 0 Å². The molecule has 0 unspecified atom stereocenters. The van der Waals surface area contributed by atoms with Crippen LogP contribution >= 0.6 is 11.3 Å². The topological polar surface area (TPSA) is 58.4 Å². The van der Waals surface area contributed by atoms with Crippen molar-refractivity contribution < 1.29 is 4.79 Å². The van der Waals surface area contributed by atoms with Gasteiger partial charge in [-0.2, -0.15) is 0 Å². The molecule has 0 fully saturated rings. The van der Waals surface area contributed by atoms with Gasteiger partial charge in [0.05, 0.1) is 0 Å². The van der Waals surface area contributed by atoms with Crippen molar-refractivity contribution in [2.45, 2.75) is 12.8 Å². The zero-order valence-electron chi connectivity index (χ0n) is 12.2. The van der Waals surface area contributed by atoms with Crippen LogP contribution in [0.1, 0.15) is 11.3 Å². The summed E-state index contributed by atoms with van der Waals surface area (Å²) in [6.45, 7) is 1.72. The molecular formula is C16H21N3OS. The van der Waals surface area contributed by atoms with Crippen LogP contribution in [0.5, 0.6) is 0 Å². The largest absolute Gasteiger partial charge is 0.399 e. The highest BCUT2D eigenvalue weighted by atomic mass is 32.1. The summed E-state index contributed by atoms with van der Waals surface area (Å²) in [5.41, 5.74) is 7.09. The Morgan fingerprint density at radius 1 is 1.24 bits per heavy atom. The summed E-state index contributed by atoms with van der Waals surface area (Å²) < 4.78 is 0. The van der Waals surface area contributed by atoms with Crippen molar-refractivity contribution in [3.63, 3.8) is 0 Å². The van der Waals surface area contributed by atoms with E-state index < -0.39 is 0 Å². The molecule has 21 heavy (non-hydrogen) atoms. The third-order valence-electron chi connectivity index (χ3n) is 3.24. The van der Waals surface area contributed by atoms with Crippen LogP contribution in [0.15, 0.2) is 41.8 Å². The quantitative estimate of drug-likeness (QED) is 0.773. The fraction of sp³-hybridized carbons (Fsp3) is 0.312. The first-order chi connectivity index (χ1) is 10.1. The van der Waals surface area contributed by atoms with Crippen LogP contribution < -0.4 is 11.1 Å². The third-order valence-corrected chi connectivity index (χ3v) is 4.17. The Kier molecular flexibility index (Phi) is 5.78. The third kappa shape index (κ3) is 5.57. The monoisotopic (exact) mass is 303 g/mol. The van der Waals surface area contributed by atoms with Crippen molar-refractivity contribution in [2.24, 2.45) is 0 Å². The summed E-state index contributed by atoms with van der Waals surface area (Å²) >= 11 is 1.78. The van der Waals surface area contributed by atoms with Gasteiger partial charge in [0.25, 0.3) is 0 Å². The number of hydrogen-bond donors (Lipinski definition) is 2. The summed E-state index contributed by atoms with van der Waals surface area (Å²) in [5.74, 6) is 0.0303. The number of carbonyl (C=O) groups is 1. The minimum Gasteiger partial charge on any atom is -0.399 e. The van der Waals surface area contributed by atoms with E-state index in [1.54, 1.807) is 23.5 Å². The lowest BCUT2D eigenvalue weighted by Crippen LogP contribution is -2.26. The van der Waals surface area contributed by atoms with Gasteiger partial charge in [-0.15, -0.1) is 11.3 Å². The van der Waals surface area contributed by atoms with E-state index in [9.17, 15) is 4.79 Å². The predicted molar refractivity (Wildman–Crippen MR) is 89.6 cm³/mol. The SMILES string of the molecule is CN(CCC(=O)Nc1ccc(N)cc1)CCc1cccs1. The molecule has 1 heterocycles. The van der Waals surface area contributed by atoms with Crippen molar-refractivity contribution >= 4 is 28.6 Å². The van der Waals surface area contributed by atoms with Crippen molar-refractivity contribution in [2.75, 3.05) is 31.2 Å². The molecule has 1 aromatic heterocycles. The first kappa shape index (κ1) is 15.5. The Morgan fingerprint density at radius 3 is 2.67 bits per heavy atom. The number of nitrogens with zero attached hydrogens (tertiary/aromatic N) is 1. The highest BCUT2D eigenvalue weighted by molar-refractivity contribution is 7.09. The summed E-state index contributed by atoms with van der Waals surface area (Å²) in [6.07, 6.45) is 1.53. The van der Waals surface area contributed by atoms with Gasteiger partial charge in [-0.1, -0.05) is 6.07 Å². The number of amides is 1. The van der Waals surface area contributed by atoms with E-state index in [2.05, 4.69) is 27.7 Å². The normalized spacial score (nSPS) is 10.8. The van der Waals surface area contributed by atoms with E-state index in [0.29, 0.717) is 12.1 Å². The van der Waals surface area contributed by atoms with E-state index in [1.807, 2.05) is 19.2 Å². The average Bonchev–Trinajstić information content (AvgIpc) is 2.99. The Balaban J connectivity index is 1.67. The minimum atomic E-state index is 0.0303. The van der Waals surface area contributed by atoms with E-state index in [-0.39, 0.29) is 5.91 Å². The Bertz CT molecular complexity index is 551. The molecule has 0 radical (unpaired) electrons. The molecule has 4 nitrogen and oxygen atoms in total. The molecule has 0 aliphatic carbocycles. The average molecular weight is 303 g/mol. The maximum absolute atomic E-state index is 11.9. The molecular weight excluding hydrogens is 282 g/mol. The van der Waals surface area contributed by atoms with Gasteiger partial charge in [0.15, 0.2) is 0 Å². The van der Waals surface area contributed by atoms with E-state index in [4.69, 9.17) is 5.73 Å². The van der Waals surface area contributed by atoms with E-state index in [0.717, 1.165) is 25.2 Å². The number of nitrogens with one attached hydrogen (secondary N) is 1. The van der Waals surface area contributed by atoms with Crippen molar-refractivity contribution in [1.29, 1.82) is 0 Å². The predicted octanol–water partition coefficient (Wildman–Crippen LogP) is 2.83. The summed E-state index contributed by atoms with van der Waals surface area (Å²) in [7, 11) is 2.05. The molecule has 112 valence electrons. The number of thiophene rings is 1. The molecule has 0 atom stereocenters. The van der Waals surface area contributed by atoms with Crippen LogP contribution in [0.3, 0.4) is 0 Å². The standard InChI is InChI=1S/C16H21N3OS/c1-19(10-8-15-3-2-12-21-15)11-9-16(20)18-14-6-4-13(17)5-7-14/h2-7,12H,8-11,17H2,1H3,(H,18,20). The second kappa shape index (κ2) is 7.81. The van der Waals surface area contributed by atoms with Gasteiger partial charge in [0, 0.05) is 35.8 Å². The lowest BCUT2D eigenvalue weighted by Gasteiger charge is -2.15. The lowest BCUT2D eigenvalue weighted by atomic mass is 10.2. The zero-order chi connectivity index (χ0) is 15.1. The molecule has 1 amide bonds. The molecule has 0 aliphatic heterocycles. The van der Waals surface area contributed by atoms with E-state index in [1.165, 1.54) is 4.88 Å². The van der Waals surface area contributed by atoms with Gasteiger partial charge in [-0.25, -0.2) is 0 Å². The second-order valence-electron chi connectivity index (χ2n) is 5.05. The summed E-state index contributed by atoms with van der Waals surface area (Å²) in [4.78, 5) is 15.4. The minimum absolute atomic E-state index is 0.0303. The smallest absolute Gasteiger partial charge is 0.225 e. The molecule has 1 aromatic carbocycles. The number of hydrogen-bond acceptors (Lipinski definition) is 4. The molecule has 2 rings (SSSR count). The Morgan fingerprint density at radius 2 is 2.00 bits per heavy atom. The van der Waals surface area contributed by atoms with Crippen molar-refractivity contribution in [1.82, 2.24) is 4.90 Å². The fourth-order valence-electron chi connectivity index (χ4n) is 1.95. The number of nitrogens with two attached hydrogens (primary N) is 1. The van der Waals surface area contributed by atoms with Gasteiger partial charge in [0.1, 0.15) is 0 Å². The second-order valence-corrected chi connectivity index (χ2v) is 6.09. The fourth-order valence-corrected chi connectivity index (χ4v) is 2.65. The van der Waals surface area contributed by atoms with Crippen LogP contribution in [0, 0.1) is 0 Å². The molecule has 0 bridgehead atoms. The summed E-state index contributed by atoms with van der Waals surface area (Å²) in [6, 6.07) is 11.4. The van der Waals surface area contributed by atoms with E-state index >= 15 is 0 Å². The number of benzene rings is 1. The molecule has 2 aromatic rings.